The summed E-state index contributed by atoms with van der Waals surface area (Å²) in [7, 11) is 0. The molecule has 108 valence electrons. The minimum Gasteiger partial charge on any atom is -0.465 e. The molecule has 0 radical (unpaired) electrons. The van der Waals surface area contributed by atoms with E-state index in [-0.39, 0.29) is 6.04 Å². The topological polar surface area (TPSA) is 88.2 Å². The highest BCUT2D eigenvalue weighted by atomic mass is 16.5. The third-order valence-corrected chi connectivity index (χ3v) is 4.15. The van der Waals surface area contributed by atoms with Crippen LogP contribution in [-0.2, 0) is 6.42 Å². The third-order valence-electron chi connectivity index (χ3n) is 4.15. The Morgan fingerprint density at radius 3 is 2.95 bits per heavy atom. The van der Waals surface area contributed by atoms with E-state index in [0.29, 0.717) is 11.8 Å². The molecule has 0 aliphatic heterocycles. The highest BCUT2D eigenvalue weighted by Crippen LogP contribution is 2.39. The van der Waals surface area contributed by atoms with Gasteiger partial charge in [-0.2, -0.15) is 4.98 Å². The second-order valence-corrected chi connectivity index (χ2v) is 5.69. The highest BCUT2D eigenvalue weighted by molar-refractivity contribution is 5.66. The summed E-state index contributed by atoms with van der Waals surface area (Å²) in [6, 6.07) is 5.80. The number of amides is 1. The number of benzene rings is 1. The van der Waals surface area contributed by atoms with Crippen LogP contribution >= 0.6 is 0 Å². The smallest absolute Gasteiger partial charge is 0.405 e. The highest BCUT2D eigenvalue weighted by Gasteiger charge is 2.29. The average Bonchev–Trinajstić information content (AvgIpc) is 3.07. The van der Waals surface area contributed by atoms with Gasteiger partial charge in [0.1, 0.15) is 0 Å². The molecule has 0 bridgehead atoms. The Morgan fingerprint density at radius 1 is 1.33 bits per heavy atom. The Hall–Kier alpha value is -2.37. The van der Waals surface area contributed by atoms with Crippen LogP contribution in [0.25, 0.3) is 11.5 Å². The Morgan fingerprint density at radius 2 is 2.19 bits per heavy atom. The number of fused-ring (bicyclic) bond motifs is 1. The number of aryl methyl sites for hydroxylation is 1. The summed E-state index contributed by atoms with van der Waals surface area (Å²) < 4.78 is 5.33. The summed E-state index contributed by atoms with van der Waals surface area (Å²) in [6.07, 6.45) is 2.96. The van der Waals surface area contributed by atoms with Crippen LogP contribution in [0.5, 0.6) is 0 Å². The Balaban J connectivity index is 1.61. The predicted molar refractivity (Wildman–Crippen MR) is 73.9 cm³/mol. The van der Waals surface area contributed by atoms with E-state index in [9.17, 15) is 4.79 Å². The molecule has 6 heteroatoms. The van der Waals surface area contributed by atoms with Crippen molar-refractivity contribution in [2.24, 2.45) is 0 Å². The lowest BCUT2D eigenvalue weighted by Crippen LogP contribution is -2.24. The number of nitrogens with one attached hydrogen (secondary N) is 1. The zero-order valence-electron chi connectivity index (χ0n) is 11.4. The van der Waals surface area contributed by atoms with Crippen LogP contribution in [0.15, 0.2) is 22.7 Å². The van der Waals surface area contributed by atoms with Gasteiger partial charge in [0.25, 0.3) is 5.89 Å². The number of nitrogens with zero attached hydrogens (tertiary/aromatic N) is 2. The van der Waals surface area contributed by atoms with Gasteiger partial charge in [0, 0.05) is 11.5 Å². The molecule has 2 N–H and O–H groups in total. The van der Waals surface area contributed by atoms with Crippen LogP contribution in [0.3, 0.4) is 0 Å². The molecule has 21 heavy (non-hydrogen) atoms. The summed E-state index contributed by atoms with van der Waals surface area (Å²) in [4.78, 5) is 15.2. The van der Waals surface area contributed by atoms with Crippen LogP contribution in [0.2, 0.25) is 0 Å². The van der Waals surface area contributed by atoms with Gasteiger partial charge >= 0.3 is 6.09 Å². The summed E-state index contributed by atoms with van der Waals surface area (Å²) in [5.74, 6) is 1.83. The zero-order chi connectivity index (χ0) is 14.4. The van der Waals surface area contributed by atoms with Crippen molar-refractivity contribution in [3.8, 4) is 11.5 Å². The molecule has 1 heterocycles. The maximum atomic E-state index is 10.8. The maximum absolute atomic E-state index is 10.8. The lowest BCUT2D eigenvalue weighted by molar-refractivity contribution is 0.190. The van der Waals surface area contributed by atoms with Gasteiger partial charge in [0.15, 0.2) is 5.82 Å². The van der Waals surface area contributed by atoms with Crippen molar-refractivity contribution in [1.82, 2.24) is 15.5 Å². The molecule has 1 aromatic carbocycles. The normalized spacial score (nSPS) is 20.3. The average molecular weight is 285 g/mol. The van der Waals surface area contributed by atoms with Crippen molar-refractivity contribution < 1.29 is 14.4 Å². The molecule has 0 saturated heterocycles. The molecule has 0 spiro atoms. The number of hydrogen-bond donors (Lipinski definition) is 2. The Labute approximate surface area is 121 Å². The van der Waals surface area contributed by atoms with Gasteiger partial charge in [-0.3, -0.25) is 0 Å². The van der Waals surface area contributed by atoms with Gasteiger partial charge in [-0.05, 0) is 48.9 Å². The first-order valence-corrected chi connectivity index (χ1v) is 7.17. The van der Waals surface area contributed by atoms with E-state index >= 15 is 0 Å². The van der Waals surface area contributed by atoms with Gasteiger partial charge in [0.2, 0.25) is 0 Å². The third kappa shape index (κ3) is 2.26. The summed E-state index contributed by atoms with van der Waals surface area (Å²) in [6.45, 7) is 0. The van der Waals surface area contributed by atoms with Crippen molar-refractivity contribution in [3.63, 3.8) is 0 Å². The first-order chi connectivity index (χ1) is 10.2. The fourth-order valence-electron chi connectivity index (χ4n) is 2.91. The molecule has 1 saturated carbocycles. The summed E-state index contributed by atoms with van der Waals surface area (Å²) >= 11 is 0. The molecule has 1 aromatic heterocycles. The van der Waals surface area contributed by atoms with E-state index in [1.54, 1.807) is 0 Å². The molecule has 1 fully saturated rings. The number of rotatable bonds is 3. The van der Waals surface area contributed by atoms with E-state index in [1.165, 1.54) is 0 Å². The fourth-order valence-corrected chi connectivity index (χ4v) is 2.91. The lowest BCUT2D eigenvalue weighted by atomic mass is 10.0. The molecule has 4 rings (SSSR count). The van der Waals surface area contributed by atoms with Crippen molar-refractivity contribution in [2.75, 3.05) is 0 Å². The van der Waals surface area contributed by atoms with Crippen LogP contribution in [0, 0.1) is 0 Å². The van der Waals surface area contributed by atoms with E-state index < -0.39 is 6.09 Å². The fraction of sp³-hybridized carbons (Fsp3) is 0.400. The molecule has 1 atom stereocenters. The molecule has 2 aromatic rings. The van der Waals surface area contributed by atoms with Gasteiger partial charge in [0.05, 0.1) is 6.04 Å². The van der Waals surface area contributed by atoms with E-state index in [2.05, 4.69) is 15.5 Å². The minimum absolute atomic E-state index is 0.115. The monoisotopic (exact) mass is 285 g/mol. The predicted octanol–water partition coefficient (Wildman–Crippen LogP) is 2.87. The zero-order valence-corrected chi connectivity index (χ0v) is 11.4. The number of carbonyl (C=O) groups is 1. The van der Waals surface area contributed by atoms with Crippen LogP contribution < -0.4 is 5.32 Å². The molecular weight excluding hydrogens is 270 g/mol. The van der Waals surface area contributed by atoms with Crippen molar-refractivity contribution in [3.05, 3.63) is 35.2 Å². The van der Waals surface area contributed by atoms with Crippen molar-refractivity contribution in [2.45, 2.75) is 37.6 Å². The largest absolute Gasteiger partial charge is 0.465 e. The van der Waals surface area contributed by atoms with E-state index in [1.807, 2.05) is 18.2 Å². The second kappa shape index (κ2) is 4.58. The van der Waals surface area contributed by atoms with Crippen LogP contribution in [-0.4, -0.2) is 21.3 Å². The molecule has 0 unspecified atom stereocenters. The Bertz CT molecular complexity index is 706. The first-order valence-electron chi connectivity index (χ1n) is 7.17. The standard InChI is InChI=1S/C15H15N3O3/c19-15(20)16-12-6-4-9-7-10(3-5-11(9)12)14-17-13(18-21-14)8-1-2-8/h3,5,7-8,12,16H,1-2,4,6H2,(H,19,20)/t12-/m1/s1. The van der Waals surface area contributed by atoms with Crippen molar-refractivity contribution >= 4 is 6.09 Å². The number of hydrogen-bond acceptors (Lipinski definition) is 4. The van der Waals surface area contributed by atoms with Crippen molar-refractivity contribution in [1.29, 1.82) is 0 Å². The molecule has 2 aliphatic rings. The number of aromatic nitrogens is 2. The van der Waals surface area contributed by atoms with E-state index in [4.69, 9.17) is 9.63 Å². The van der Waals surface area contributed by atoms with Crippen LogP contribution in [0.1, 0.15) is 48.2 Å². The summed E-state index contributed by atoms with van der Waals surface area (Å²) in [5, 5.41) is 15.4. The minimum atomic E-state index is -0.983. The Kier molecular flexibility index (Phi) is 2.70. The van der Waals surface area contributed by atoms with Gasteiger partial charge in [-0.15, -0.1) is 0 Å². The maximum Gasteiger partial charge on any atom is 0.405 e. The van der Waals surface area contributed by atoms with E-state index in [0.717, 1.165) is 48.2 Å². The van der Waals surface area contributed by atoms with Gasteiger partial charge in [-0.1, -0.05) is 11.2 Å². The quantitative estimate of drug-likeness (QED) is 0.905. The first kappa shape index (κ1) is 12.4. The molecular formula is C15H15N3O3. The molecule has 2 aliphatic carbocycles. The summed E-state index contributed by atoms with van der Waals surface area (Å²) in [5.41, 5.74) is 3.10. The SMILES string of the molecule is O=C(O)N[C@@H]1CCc2cc(-c3nc(C4CC4)no3)ccc21. The van der Waals surface area contributed by atoms with Gasteiger partial charge < -0.3 is 14.9 Å². The lowest BCUT2D eigenvalue weighted by Gasteiger charge is -2.11. The van der Waals surface area contributed by atoms with Crippen LogP contribution in [0.4, 0.5) is 4.79 Å². The molecule has 6 nitrogen and oxygen atoms in total. The second-order valence-electron chi connectivity index (χ2n) is 5.69. The number of carboxylic acid groups (broad SMARTS) is 1. The van der Waals surface area contributed by atoms with Gasteiger partial charge in [-0.25, -0.2) is 4.79 Å². The molecule has 1 amide bonds.